The summed E-state index contributed by atoms with van der Waals surface area (Å²) in [5.74, 6) is -4.23. The third-order valence-electron chi connectivity index (χ3n) is 2.29. The summed E-state index contributed by atoms with van der Waals surface area (Å²) in [4.78, 5) is 11.4. The summed E-state index contributed by atoms with van der Waals surface area (Å²) in [6.07, 6.45) is -4.73. The quantitative estimate of drug-likeness (QED) is 0.862. The summed E-state index contributed by atoms with van der Waals surface area (Å²) >= 11 is 1.41. The Labute approximate surface area is 100 Å². The van der Waals surface area contributed by atoms with E-state index in [1.54, 1.807) is 19.1 Å². The van der Waals surface area contributed by atoms with Crippen LogP contribution in [-0.4, -0.2) is 23.8 Å². The number of thiophene rings is 1. The predicted molar refractivity (Wildman–Crippen MR) is 57.9 cm³/mol. The van der Waals surface area contributed by atoms with Gasteiger partial charge in [-0.15, -0.1) is 11.3 Å². The minimum absolute atomic E-state index is 0.292. The molecule has 0 amide bonds. The first-order valence-electron chi connectivity index (χ1n) is 4.88. The third kappa shape index (κ3) is 4.01. The number of hydrogen-bond donors (Lipinski definition) is 2. The van der Waals surface area contributed by atoms with Gasteiger partial charge in [0.15, 0.2) is 5.92 Å². The van der Waals surface area contributed by atoms with Crippen LogP contribution in [0.25, 0.3) is 0 Å². The van der Waals surface area contributed by atoms with Crippen molar-refractivity contribution < 1.29 is 23.1 Å². The maximum atomic E-state index is 12.3. The Morgan fingerprint density at radius 2 is 2.24 bits per heavy atom. The van der Waals surface area contributed by atoms with Gasteiger partial charge in [-0.2, -0.15) is 13.2 Å². The van der Waals surface area contributed by atoms with Crippen LogP contribution in [0, 0.1) is 5.92 Å². The van der Waals surface area contributed by atoms with Gasteiger partial charge in [0.05, 0.1) is 0 Å². The Morgan fingerprint density at radius 1 is 1.59 bits per heavy atom. The molecule has 1 rings (SSSR count). The van der Waals surface area contributed by atoms with Crippen LogP contribution >= 0.6 is 11.3 Å². The Bertz CT molecular complexity index is 364. The molecule has 1 unspecified atom stereocenters. The summed E-state index contributed by atoms with van der Waals surface area (Å²) in [5, 5.41) is 12.9. The highest BCUT2D eigenvalue weighted by molar-refractivity contribution is 7.10. The lowest BCUT2D eigenvalue weighted by atomic mass is 10.1. The van der Waals surface area contributed by atoms with Gasteiger partial charge in [-0.1, -0.05) is 6.07 Å². The second kappa shape index (κ2) is 5.50. The Hall–Kier alpha value is -1.08. The van der Waals surface area contributed by atoms with Crippen LogP contribution in [0.5, 0.6) is 0 Å². The van der Waals surface area contributed by atoms with E-state index in [-0.39, 0.29) is 6.04 Å². The summed E-state index contributed by atoms with van der Waals surface area (Å²) in [7, 11) is 0. The molecule has 17 heavy (non-hydrogen) atoms. The largest absolute Gasteiger partial charge is 0.481 e. The Kier molecular flexibility index (Phi) is 4.53. The van der Waals surface area contributed by atoms with E-state index < -0.39 is 24.6 Å². The molecule has 0 aliphatic rings. The number of alkyl halides is 3. The fourth-order valence-corrected chi connectivity index (χ4v) is 2.03. The average Bonchev–Trinajstić information content (AvgIpc) is 2.67. The number of carbonyl (C=O) groups is 1. The highest BCUT2D eigenvalue weighted by Crippen LogP contribution is 2.27. The molecule has 0 fully saturated rings. The molecule has 0 aromatic carbocycles. The molecule has 0 saturated carbocycles. The molecule has 0 spiro atoms. The van der Waals surface area contributed by atoms with Crippen molar-refractivity contribution in [3.05, 3.63) is 22.4 Å². The molecule has 0 aliphatic heterocycles. The average molecular weight is 267 g/mol. The van der Waals surface area contributed by atoms with E-state index in [1.165, 1.54) is 11.3 Å². The SMILES string of the molecule is C[C@@H](NCC(C(=O)O)C(F)(F)F)c1cccs1. The van der Waals surface area contributed by atoms with Crippen molar-refractivity contribution in [2.45, 2.75) is 19.1 Å². The van der Waals surface area contributed by atoms with Gasteiger partial charge < -0.3 is 10.4 Å². The molecule has 0 bridgehead atoms. The van der Waals surface area contributed by atoms with Crippen molar-refractivity contribution in [1.29, 1.82) is 0 Å². The van der Waals surface area contributed by atoms with Gasteiger partial charge in [0.25, 0.3) is 0 Å². The molecule has 2 N–H and O–H groups in total. The fraction of sp³-hybridized carbons (Fsp3) is 0.500. The van der Waals surface area contributed by atoms with Crippen LogP contribution in [0.2, 0.25) is 0 Å². The van der Waals surface area contributed by atoms with Gasteiger partial charge >= 0.3 is 12.1 Å². The first kappa shape index (κ1) is 14.0. The summed E-state index contributed by atoms with van der Waals surface area (Å²) in [5.41, 5.74) is 0. The van der Waals surface area contributed by atoms with E-state index in [1.807, 2.05) is 5.38 Å². The molecule has 1 aromatic rings. The van der Waals surface area contributed by atoms with Gasteiger partial charge in [0.1, 0.15) is 0 Å². The maximum absolute atomic E-state index is 12.3. The molecule has 1 heterocycles. The third-order valence-corrected chi connectivity index (χ3v) is 3.35. The van der Waals surface area contributed by atoms with E-state index in [0.717, 1.165) is 4.88 Å². The van der Waals surface area contributed by atoms with Crippen molar-refractivity contribution in [1.82, 2.24) is 5.32 Å². The van der Waals surface area contributed by atoms with Crippen molar-refractivity contribution in [2.24, 2.45) is 5.92 Å². The Balaban J connectivity index is 2.56. The number of rotatable bonds is 5. The molecule has 0 radical (unpaired) electrons. The lowest BCUT2D eigenvalue weighted by Crippen LogP contribution is -2.39. The van der Waals surface area contributed by atoms with Crippen molar-refractivity contribution in [2.75, 3.05) is 6.54 Å². The van der Waals surface area contributed by atoms with Gasteiger partial charge in [-0.25, -0.2) is 0 Å². The van der Waals surface area contributed by atoms with Crippen LogP contribution < -0.4 is 5.32 Å². The van der Waals surface area contributed by atoms with Crippen molar-refractivity contribution in [3.8, 4) is 0 Å². The smallest absolute Gasteiger partial charge is 0.403 e. The second-order valence-electron chi connectivity index (χ2n) is 3.58. The molecule has 1 aromatic heterocycles. The normalized spacial score (nSPS) is 15.5. The van der Waals surface area contributed by atoms with Gasteiger partial charge in [0, 0.05) is 17.5 Å². The number of carboxylic acid groups (broad SMARTS) is 1. The fourth-order valence-electron chi connectivity index (χ4n) is 1.28. The second-order valence-corrected chi connectivity index (χ2v) is 4.56. The molecular weight excluding hydrogens is 255 g/mol. The summed E-state index contributed by atoms with van der Waals surface area (Å²) in [6.45, 7) is 1.07. The zero-order valence-electron chi connectivity index (χ0n) is 8.99. The van der Waals surface area contributed by atoms with Crippen LogP contribution in [0.3, 0.4) is 0 Å². The van der Waals surface area contributed by atoms with Crippen LogP contribution in [0.1, 0.15) is 17.8 Å². The molecular formula is C10H12F3NO2S. The number of aliphatic carboxylic acids is 1. The first-order chi connectivity index (χ1) is 7.82. The van der Waals surface area contributed by atoms with Crippen LogP contribution in [0.4, 0.5) is 13.2 Å². The van der Waals surface area contributed by atoms with E-state index in [2.05, 4.69) is 5.32 Å². The highest BCUT2D eigenvalue weighted by atomic mass is 32.1. The molecule has 0 aliphatic carbocycles. The number of hydrogen-bond acceptors (Lipinski definition) is 3. The topological polar surface area (TPSA) is 49.3 Å². The molecule has 2 atom stereocenters. The van der Waals surface area contributed by atoms with Crippen LogP contribution in [0.15, 0.2) is 17.5 Å². The maximum Gasteiger partial charge on any atom is 0.403 e. The summed E-state index contributed by atoms with van der Waals surface area (Å²) < 4.78 is 37.0. The Morgan fingerprint density at radius 3 is 2.65 bits per heavy atom. The zero-order valence-corrected chi connectivity index (χ0v) is 9.81. The minimum atomic E-state index is -4.73. The predicted octanol–water partition coefficient (Wildman–Crippen LogP) is 2.66. The van der Waals surface area contributed by atoms with E-state index in [4.69, 9.17) is 5.11 Å². The van der Waals surface area contributed by atoms with Crippen molar-refractivity contribution in [3.63, 3.8) is 0 Å². The highest BCUT2D eigenvalue weighted by Gasteiger charge is 2.44. The molecule has 0 saturated heterocycles. The lowest BCUT2D eigenvalue weighted by molar-refractivity contribution is -0.192. The molecule has 96 valence electrons. The first-order valence-corrected chi connectivity index (χ1v) is 5.76. The van der Waals surface area contributed by atoms with Gasteiger partial charge in [-0.05, 0) is 18.4 Å². The molecule has 7 heteroatoms. The van der Waals surface area contributed by atoms with Gasteiger partial charge in [0.2, 0.25) is 0 Å². The minimum Gasteiger partial charge on any atom is -0.481 e. The van der Waals surface area contributed by atoms with Crippen molar-refractivity contribution >= 4 is 17.3 Å². The van der Waals surface area contributed by atoms with E-state index in [9.17, 15) is 18.0 Å². The summed E-state index contributed by atoms with van der Waals surface area (Å²) in [6, 6.07) is 3.28. The zero-order chi connectivity index (χ0) is 13.1. The molecule has 3 nitrogen and oxygen atoms in total. The monoisotopic (exact) mass is 267 g/mol. The number of nitrogens with one attached hydrogen (secondary N) is 1. The lowest BCUT2D eigenvalue weighted by Gasteiger charge is -2.19. The van der Waals surface area contributed by atoms with E-state index >= 15 is 0 Å². The standard InChI is InChI=1S/C10H12F3NO2S/c1-6(8-3-2-4-17-8)14-5-7(9(15)16)10(11,12)13/h2-4,6-7,14H,5H2,1H3,(H,15,16)/t6-,7?/m1/s1. The number of halogens is 3. The van der Waals surface area contributed by atoms with E-state index in [0.29, 0.717) is 0 Å². The van der Waals surface area contributed by atoms with Gasteiger partial charge in [-0.3, -0.25) is 4.79 Å². The van der Waals surface area contributed by atoms with Crippen LogP contribution in [-0.2, 0) is 4.79 Å². The number of carboxylic acids is 1.